The number of nitrogens with one attached hydrogen (secondary N) is 2. The van der Waals surface area contributed by atoms with E-state index in [1.54, 1.807) is 23.8 Å². The molecule has 7 heteroatoms. The first-order valence-electron chi connectivity index (χ1n) is 8.45. The Morgan fingerprint density at radius 1 is 1.28 bits per heavy atom. The maximum absolute atomic E-state index is 12.7. The highest BCUT2D eigenvalue weighted by atomic mass is 32.1. The number of H-pyrrole nitrogens is 1. The van der Waals surface area contributed by atoms with E-state index in [1.165, 1.54) is 17.8 Å². The van der Waals surface area contributed by atoms with Crippen LogP contribution in [-0.2, 0) is 0 Å². The molecule has 4 rings (SSSR count). The van der Waals surface area contributed by atoms with Crippen LogP contribution in [0.4, 0.5) is 0 Å². The van der Waals surface area contributed by atoms with E-state index in [9.17, 15) is 9.59 Å². The van der Waals surface area contributed by atoms with Gasteiger partial charge in [-0.3, -0.25) is 14.6 Å². The topological polar surface area (TPSA) is 87.7 Å². The first kappa shape index (κ1) is 16.0. The summed E-state index contributed by atoms with van der Waals surface area (Å²) in [5.41, 5.74) is 0.934. The van der Waals surface area contributed by atoms with Gasteiger partial charge >= 0.3 is 0 Å². The predicted octanol–water partition coefficient (Wildman–Crippen LogP) is 3.11. The van der Waals surface area contributed by atoms with Crippen molar-refractivity contribution in [2.75, 3.05) is 0 Å². The first-order valence-corrected chi connectivity index (χ1v) is 9.33. The molecule has 0 bridgehead atoms. The minimum atomic E-state index is -0.239. The average molecular weight is 354 g/mol. The van der Waals surface area contributed by atoms with Gasteiger partial charge in [0.25, 0.3) is 11.5 Å². The van der Waals surface area contributed by atoms with Gasteiger partial charge in [-0.05, 0) is 25.0 Å². The molecule has 0 atom stereocenters. The Kier molecular flexibility index (Phi) is 4.31. The third-order valence-electron chi connectivity index (χ3n) is 4.55. The van der Waals surface area contributed by atoms with Crippen molar-refractivity contribution in [3.8, 4) is 11.4 Å². The molecule has 3 heterocycles. The lowest BCUT2D eigenvalue weighted by Gasteiger charge is -2.22. The van der Waals surface area contributed by atoms with Gasteiger partial charge in [0.05, 0.1) is 5.39 Å². The minimum Gasteiger partial charge on any atom is -0.349 e. The van der Waals surface area contributed by atoms with Crippen LogP contribution in [0.5, 0.6) is 0 Å². The number of nitrogens with zero attached hydrogens (tertiary/aromatic N) is 2. The van der Waals surface area contributed by atoms with Crippen molar-refractivity contribution >= 4 is 28.1 Å². The second-order valence-electron chi connectivity index (χ2n) is 6.29. The quantitative estimate of drug-likeness (QED) is 0.756. The number of carbonyl (C=O) groups excluding carboxylic acids is 1. The Balaban J connectivity index is 1.71. The zero-order chi connectivity index (χ0) is 17.2. The number of amides is 1. The molecule has 2 N–H and O–H groups in total. The van der Waals surface area contributed by atoms with Crippen molar-refractivity contribution in [1.82, 2.24) is 20.3 Å². The van der Waals surface area contributed by atoms with Gasteiger partial charge in [-0.25, -0.2) is 4.98 Å². The molecular formula is C18H18N4O2S. The molecule has 0 spiro atoms. The molecule has 3 aromatic rings. The van der Waals surface area contributed by atoms with E-state index in [-0.39, 0.29) is 17.5 Å². The van der Waals surface area contributed by atoms with Crippen LogP contribution in [0.15, 0.2) is 34.7 Å². The second kappa shape index (κ2) is 6.76. The van der Waals surface area contributed by atoms with Crippen LogP contribution in [0, 0.1) is 0 Å². The molecule has 1 fully saturated rings. The van der Waals surface area contributed by atoms with E-state index < -0.39 is 0 Å². The summed E-state index contributed by atoms with van der Waals surface area (Å²) in [6.45, 7) is 0. The lowest BCUT2D eigenvalue weighted by molar-refractivity contribution is 0.0933. The van der Waals surface area contributed by atoms with E-state index in [1.807, 2.05) is 6.07 Å². The molecule has 1 amide bonds. The van der Waals surface area contributed by atoms with E-state index in [4.69, 9.17) is 0 Å². The summed E-state index contributed by atoms with van der Waals surface area (Å²) in [6.07, 6.45) is 8.87. The fourth-order valence-electron chi connectivity index (χ4n) is 3.24. The molecule has 25 heavy (non-hydrogen) atoms. The highest BCUT2D eigenvalue weighted by Gasteiger charge is 2.21. The fraction of sp³-hybridized carbons (Fsp3) is 0.333. The molecule has 128 valence electrons. The molecule has 0 unspecified atom stereocenters. The number of hydrogen-bond donors (Lipinski definition) is 2. The highest BCUT2D eigenvalue weighted by Crippen LogP contribution is 2.25. The van der Waals surface area contributed by atoms with Gasteiger partial charge in [0.2, 0.25) is 0 Å². The Labute approximate surface area is 148 Å². The van der Waals surface area contributed by atoms with Crippen molar-refractivity contribution in [3.63, 3.8) is 0 Å². The Morgan fingerprint density at radius 3 is 2.88 bits per heavy atom. The van der Waals surface area contributed by atoms with Gasteiger partial charge < -0.3 is 10.3 Å². The van der Waals surface area contributed by atoms with Gasteiger partial charge in [0.15, 0.2) is 0 Å². The fourth-order valence-corrected chi connectivity index (χ4v) is 4.12. The SMILES string of the molecule is O=C(NC1CCCCC1)c1scc2c(=O)[nH]c(-c3cccnc3)nc12. The number of aromatic amines is 1. The van der Waals surface area contributed by atoms with Gasteiger partial charge in [-0.15, -0.1) is 11.3 Å². The van der Waals surface area contributed by atoms with Crippen LogP contribution in [-0.4, -0.2) is 26.9 Å². The molecule has 3 aromatic heterocycles. The van der Waals surface area contributed by atoms with Crippen molar-refractivity contribution in [2.24, 2.45) is 0 Å². The molecule has 0 radical (unpaired) electrons. The monoisotopic (exact) mass is 354 g/mol. The van der Waals surface area contributed by atoms with E-state index >= 15 is 0 Å². The maximum atomic E-state index is 12.7. The third kappa shape index (κ3) is 3.19. The predicted molar refractivity (Wildman–Crippen MR) is 97.8 cm³/mol. The zero-order valence-electron chi connectivity index (χ0n) is 13.6. The molecule has 0 aromatic carbocycles. The summed E-state index contributed by atoms with van der Waals surface area (Å²) in [5, 5.41) is 5.25. The number of aromatic nitrogens is 3. The summed E-state index contributed by atoms with van der Waals surface area (Å²) in [5.74, 6) is 0.290. The van der Waals surface area contributed by atoms with E-state index in [2.05, 4.69) is 20.3 Å². The lowest BCUT2D eigenvalue weighted by atomic mass is 9.95. The van der Waals surface area contributed by atoms with Crippen LogP contribution in [0.2, 0.25) is 0 Å². The number of thiophene rings is 1. The summed E-state index contributed by atoms with van der Waals surface area (Å²) in [4.78, 5) is 36.9. The van der Waals surface area contributed by atoms with E-state index in [0.29, 0.717) is 27.2 Å². The second-order valence-corrected chi connectivity index (χ2v) is 7.17. The molecule has 0 aliphatic heterocycles. The maximum Gasteiger partial charge on any atom is 0.263 e. The molecule has 6 nitrogen and oxygen atoms in total. The number of rotatable bonds is 3. The first-order chi connectivity index (χ1) is 12.2. The zero-order valence-corrected chi connectivity index (χ0v) is 14.4. The van der Waals surface area contributed by atoms with Crippen LogP contribution in [0.1, 0.15) is 41.8 Å². The standard InChI is InChI=1S/C18H18N4O2S/c23-17-13-10-25-15(18(24)20-12-6-2-1-3-7-12)14(13)21-16(22-17)11-5-4-8-19-9-11/h4-5,8-10,12H,1-3,6-7H2,(H,20,24)(H,21,22,23). The average Bonchev–Trinajstić information content (AvgIpc) is 3.08. The van der Waals surface area contributed by atoms with Crippen molar-refractivity contribution in [1.29, 1.82) is 0 Å². The summed E-state index contributed by atoms with van der Waals surface area (Å²) in [7, 11) is 0. The molecular weight excluding hydrogens is 336 g/mol. The smallest absolute Gasteiger partial charge is 0.263 e. The summed E-state index contributed by atoms with van der Waals surface area (Å²) < 4.78 is 0. The molecule has 1 saturated carbocycles. The Hall–Kier alpha value is -2.54. The van der Waals surface area contributed by atoms with Crippen molar-refractivity contribution in [3.05, 3.63) is 45.1 Å². The normalized spacial score (nSPS) is 15.4. The van der Waals surface area contributed by atoms with Gasteiger partial charge in [0.1, 0.15) is 16.2 Å². The van der Waals surface area contributed by atoms with Crippen LogP contribution >= 0.6 is 11.3 Å². The number of hydrogen-bond acceptors (Lipinski definition) is 5. The van der Waals surface area contributed by atoms with Crippen molar-refractivity contribution < 1.29 is 4.79 Å². The Morgan fingerprint density at radius 2 is 2.12 bits per heavy atom. The summed E-state index contributed by atoms with van der Waals surface area (Å²) in [6, 6.07) is 3.83. The number of pyridine rings is 1. The number of carbonyl (C=O) groups is 1. The number of fused-ring (bicyclic) bond motifs is 1. The Bertz CT molecular complexity index is 958. The lowest BCUT2D eigenvalue weighted by Crippen LogP contribution is -2.35. The van der Waals surface area contributed by atoms with Gasteiger partial charge in [0, 0.05) is 29.4 Å². The minimum absolute atomic E-state index is 0.137. The molecule has 0 saturated heterocycles. The van der Waals surface area contributed by atoms with Crippen LogP contribution in [0.3, 0.4) is 0 Å². The van der Waals surface area contributed by atoms with Crippen LogP contribution in [0.25, 0.3) is 22.3 Å². The summed E-state index contributed by atoms with van der Waals surface area (Å²) >= 11 is 1.27. The van der Waals surface area contributed by atoms with E-state index in [0.717, 1.165) is 25.7 Å². The molecule has 1 aliphatic rings. The van der Waals surface area contributed by atoms with Gasteiger partial charge in [-0.1, -0.05) is 19.3 Å². The van der Waals surface area contributed by atoms with Gasteiger partial charge in [-0.2, -0.15) is 0 Å². The van der Waals surface area contributed by atoms with Crippen molar-refractivity contribution in [2.45, 2.75) is 38.1 Å². The molecule has 1 aliphatic carbocycles. The highest BCUT2D eigenvalue weighted by molar-refractivity contribution is 7.13. The largest absolute Gasteiger partial charge is 0.349 e. The third-order valence-corrected chi connectivity index (χ3v) is 5.51. The van der Waals surface area contributed by atoms with Crippen LogP contribution < -0.4 is 10.9 Å².